The summed E-state index contributed by atoms with van der Waals surface area (Å²) in [5.41, 5.74) is 1.57. The minimum absolute atomic E-state index is 0.0329. The maximum atomic E-state index is 12.8. The maximum absolute atomic E-state index is 12.8. The van der Waals surface area contributed by atoms with E-state index in [0.29, 0.717) is 6.54 Å². The lowest BCUT2D eigenvalue weighted by Crippen LogP contribution is -2.34. The second kappa shape index (κ2) is 6.41. The first-order valence-electron chi connectivity index (χ1n) is 8.26. The molecule has 0 spiro atoms. The number of furan rings is 1. The monoisotopic (exact) mass is 353 g/mol. The average molecular weight is 353 g/mol. The van der Waals surface area contributed by atoms with Crippen molar-refractivity contribution in [2.75, 3.05) is 7.11 Å². The molecule has 3 aromatic rings. The fourth-order valence-electron chi connectivity index (χ4n) is 3.15. The lowest BCUT2D eigenvalue weighted by atomic mass is 9.94. The summed E-state index contributed by atoms with van der Waals surface area (Å²) in [5.74, 6) is 2.39. The number of methoxy groups -OCH3 is 1. The normalized spacial score (nSPS) is 14.9. The number of amides is 1. The molecule has 0 unspecified atom stereocenters. The molecule has 1 saturated carbocycles. The van der Waals surface area contributed by atoms with Gasteiger partial charge in [-0.2, -0.15) is 11.3 Å². The van der Waals surface area contributed by atoms with Crippen molar-refractivity contribution < 1.29 is 13.9 Å². The number of carbonyl (C=O) groups is 1. The molecule has 1 fully saturated rings. The molecule has 0 atom stereocenters. The first-order chi connectivity index (χ1) is 12.2. The van der Waals surface area contributed by atoms with Crippen molar-refractivity contribution in [1.29, 1.82) is 0 Å². The number of hydrogen-bond donors (Lipinski definition) is 1. The molecule has 2 aromatic heterocycles. The van der Waals surface area contributed by atoms with Gasteiger partial charge in [0.05, 0.1) is 19.1 Å². The van der Waals surface area contributed by atoms with Gasteiger partial charge in [0, 0.05) is 16.5 Å². The first-order valence-corrected chi connectivity index (χ1v) is 9.20. The van der Waals surface area contributed by atoms with Crippen molar-refractivity contribution in [2.24, 2.45) is 0 Å². The van der Waals surface area contributed by atoms with E-state index in [1.165, 1.54) is 0 Å². The minimum Gasteiger partial charge on any atom is -0.496 e. The van der Waals surface area contributed by atoms with Gasteiger partial charge in [-0.1, -0.05) is 18.2 Å². The van der Waals surface area contributed by atoms with Crippen LogP contribution in [0.2, 0.25) is 0 Å². The highest BCUT2D eigenvalue weighted by Crippen LogP contribution is 2.51. The van der Waals surface area contributed by atoms with Crippen molar-refractivity contribution in [2.45, 2.75) is 24.8 Å². The molecule has 1 N–H and O–H groups in total. The third kappa shape index (κ3) is 2.96. The van der Waals surface area contributed by atoms with Crippen LogP contribution in [0.3, 0.4) is 0 Å². The van der Waals surface area contributed by atoms with E-state index in [2.05, 4.69) is 5.32 Å². The molecular weight excluding hydrogens is 334 g/mol. The second-order valence-electron chi connectivity index (χ2n) is 6.24. The molecule has 0 saturated heterocycles. The zero-order chi connectivity index (χ0) is 17.3. The largest absolute Gasteiger partial charge is 0.496 e. The van der Waals surface area contributed by atoms with Gasteiger partial charge in [0.25, 0.3) is 0 Å². The Morgan fingerprint density at radius 2 is 2.08 bits per heavy atom. The summed E-state index contributed by atoms with van der Waals surface area (Å²) in [6, 6.07) is 13.6. The van der Waals surface area contributed by atoms with Crippen molar-refractivity contribution in [3.8, 4) is 17.1 Å². The van der Waals surface area contributed by atoms with Gasteiger partial charge in [0.1, 0.15) is 17.3 Å². The van der Waals surface area contributed by atoms with E-state index in [1.54, 1.807) is 18.4 Å². The van der Waals surface area contributed by atoms with Crippen molar-refractivity contribution in [1.82, 2.24) is 5.32 Å². The zero-order valence-corrected chi connectivity index (χ0v) is 14.8. The van der Waals surface area contributed by atoms with E-state index in [9.17, 15) is 4.79 Å². The molecule has 1 aliphatic carbocycles. The first kappa shape index (κ1) is 16.0. The van der Waals surface area contributed by atoms with Gasteiger partial charge < -0.3 is 14.5 Å². The van der Waals surface area contributed by atoms with E-state index in [4.69, 9.17) is 9.15 Å². The summed E-state index contributed by atoms with van der Waals surface area (Å²) in [5, 5.41) is 7.09. The van der Waals surface area contributed by atoms with Crippen LogP contribution in [-0.2, 0) is 16.8 Å². The second-order valence-corrected chi connectivity index (χ2v) is 7.02. The van der Waals surface area contributed by atoms with Gasteiger partial charge in [0.15, 0.2) is 0 Å². The molecule has 4 rings (SSSR count). The molecule has 25 heavy (non-hydrogen) atoms. The summed E-state index contributed by atoms with van der Waals surface area (Å²) in [4.78, 5) is 12.8. The van der Waals surface area contributed by atoms with Crippen molar-refractivity contribution >= 4 is 17.2 Å². The van der Waals surface area contributed by atoms with Gasteiger partial charge in [-0.25, -0.2) is 0 Å². The highest BCUT2D eigenvalue weighted by molar-refractivity contribution is 7.08. The molecule has 5 heteroatoms. The van der Waals surface area contributed by atoms with E-state index in [-0.39, 0.29) is 5.91 Å². The van der Waals surface area contributed by atoms with Gasteiger partial charge in [-0.05, 0) is 42.5 Å². The van der Waals surface area contributed by atoms with Crippen LogP contribution in [0.15, 0.2) is 57.6 Å². The molecule has 128 valence electrons. The van der Waals surface area contributed by atoms with Crippen LogP contribution in [0.5, 0.6) is 5.75 Å². The number of carbonyl (C=O) groups excluding carboxylic acids is 1. The van der Waals surface area contributed by atoms with E-state index >= 15 is 0 Å². The number of thiophene rings is 1. The lowest BCUT2D eigenvalue weighted by Gasteiger charge is -2.18. The molecular formula is C20H19NO3S. The van der Waals surface area contributed by atoms with Crippen LogP contribution in [-0.4, -0.2) is 13.0 Å². The van der Waals surface area contributed by atoms with Gasteiger partial charge >= 0.3 is 0 Å². The van der Waals surface area contributed by atoms with Crippen LogP contribution >= 0.6 is 11.3 Å². The molecule has 4 nitrogen and oxygen atoms in total. The predicted octanol–water partition coefficient (Wildman–Crippen LogP) is 4.36. The highest BCUT2D eigenvalue weighted by Gasteiger charge is 2.52. The van der Waals surface area contributed by atoms with Gasteiger partial charge in [-0.15, -0.1) is 0 Å². The SMILES string of the molecule is COc1ccccc1C1(C(=O)NCc2ccc(-c3ccsc3)o2)CC1. The highest BCUT2D eigenvalue weighted by atomic mass is 32.1. The summed E-state index contributed by atoms with van der Waals surface area (Å²) in [6.07, 6.45) is 1.69. The minimum atomic E-state index is -0.463. The third-order valence-corrected chi connectivity index (χ3v) is 5.38. The fraction of sp³-hybridized carbons (Fsp3) is 0.250. The molecule has 2 heterocycles. The van der Waals surface area contributed by atoms with E-state index < -0.39 is 5.41 Å². The molecule has 0 aliphatic heterocycles. The van der Waals surface area contributed by atoms with Crippen molar-refractivity contribution in [3.63, 3.8) is 0 Å². The van der Waals surface area contributed by atoms with Gasteiger partial charge in [-0.3, -0.25) is 4.79 Å². The molecule has 1 amide bonds. The number of nitrogens with one attached hydrogen (secondary N) is 1. The molecule has 0 radical (unpaired) electrons. The van der Waals surface area contributed by atoms with Crippen LogP contribution in [0, 0.1) is 0 Å². The van der Waals surface area contributed by atoms with Crippen LogP contribution in [0.1, 0.15) is 24.2 Å². The predicted molar refractivity (Wildman–Crippen MR) is 97.8 cm³/mol. The Kier molecular flexibility index (Phi) is 4.09. The zero-order valence-electron chi connectivity index (χ0n) is 14.0. The Labute approximate surface area is 150 Å². The fourth-order valence-corrected chi connectivity index (χ4v) is 3.80. The topological polar surface area (TPSA) is 51.5 Å². The third-order valence-electron chi connectivity index (χ3n) is 4.70. The molecule has 1 aromatic carbocycles. The summed E-state index contributed by atoms with van der Waals surface area (Å²) in [7, 11) is 1.64. The quantitative estimate of drug-likeness (QED) is 0.716. The number of para-hydroxylation sites is 1. The molecule has 0 bridgehead atoms. The average Bonchev–Trinajstić information content (AvgIpc) is 3.06. The Balaban J connectivity index is 1.46. The van der Waals surface area contributed by atoms with Crippen molar-refractivity contribution in [3.05, 3.63) is 64.5 Å². The number of benzene rings is 1. The summed E-state index contributed by atoms with van der Waals surface area (Å²) < 4.78 is 11.3. The maximum Gasteiger partial charge on any atom is 0.231 e. The van der Waals surface area contributed by atoms with Crippen LogP contribution < -0.4 is 10.1 Å². The lowest BCUT2D eigenvalue weighted by molar-refractivity contribution is -0.123. The van der Waals surface area contributed by atoms with Crippen LogP contribution in [0.4, 0.5) is 0 Å². The smallest absolute Gasteiger partial charge is 0.231 e. The van der Waals surface area contributed by atoms with Gasteiger partial charge in [0.2, 0.25) is 5.91 Å². The van der Waals surface area contributed by atoms with E-state index in [1.807, 2.05) is 53.2 Å². The molecule has 1 aliphatic rings. The standard InChI is InChI=1S/C20H19NO3S/c1-23-18-5-3-2-4-16(18)20(9-10-20)19(22)21-12-15-6-7-17(24-15)14-8-11-25-13-14/h2-8,11,13H,9-10,12H2,1H3,(H,21,22). The van der Waals surface area contributed by atoms with Crippen LogP contribution in [0.25, 0.3) is 11.3 Å². The Hall–Kier alpha value is -2.53. The summed E-state index contributed by atoms with van der Waals surface area (Å²) >= 11 is 1.63. The number of ether oxygens (including phenoxy) is 1. The summed E-state index contributed by atoms with van der Waals surface area (Å²) in [6.45, 7) is 0.389. The number of rotatable bonds is 6. The Morgan fingerprint density at radius 3 is 2.80 bits per heavy atom. The van der Waals surface area contributed by atoms with E-state index in [0.717, 1.165) is 41.2 Å². The Morgan fingerprint density at radius 1 is 1.24 bits per heavy atom. The Bertz CT molecular complexity index is 878. The number of hydrogen-bond acceptors (Lipinski definition) is 4.